The smallest absolute Gasteiger partial charge is 0.250 e. The van der Waals surface area contributed by atoms with E-state index in [1.807, 2.05) is 0 Å². The minimum absolute atomic E-state index is 0.0476. The normalized spacial score (nSPS) is 10.6. The van der Waals surface area contributed by atoms with Crippen LogP contribution in [0.1, 0.15) is 10.4 Å². The Morgan fingerprint density at radius 1 is 1.05 bits per heavy atom. The van der Waals surface area contributed by atoms with Gasteiger partial charge in [-0.1, -0.05) is 6.07 Å². The molecule has 2 aromatic heterocycles. The Labute approximate surface area is 117 Å². The van der Waals surface area contributed by atoms with Crippen molar-refractivity contribution >= 4 is 6.29 Å². The summed E-state index contributed by atoms with van der Waals surface area (Å²) >= 11 is 0. The van der Waals surface area contributed by atoms with Gasteiger partial charge in [0.25, 0.3) is 0 Å². The maximum Gasteiger partial charge on any atom is 0.250 e. The molecule has 0 atom stereocenters. The molecule has 104 valence electrons. The Kier molecular flexibility index (Phi) is 3.23. The number of carbonyl (C=O) groups is 1. The molecular weight excluding hydrogens is 278 g/mol. The molecule has 0 aliphatic heterocycles. The lowest BCUT2D eigenvalue weighted by atomic mass is 10.1. The van der Waals surface area contributed by atoms with Crippen LogP contribution in [0.3, 0.4) is 0 Å². The highest BCUT2D eigenvalue weighted by atomic mass is 19.1. The topological polar surface area (TPSA) is 60.7 Å². The molecule has 0 saturated carbocycles. The van der Waals surface area contributed by atoms with Crippen molar-refractivity contribution < 1.29 is 13.6 Å². The number of aromatic nitrogens is 4. The third-order valence-corrected chi connectivity index (χ3v) is 2.83. The van der Waals surface area contributed by atoms with Crippen molar-refractivity contribution in [2.45, 2.75) is 0 Å². The fraction of sp³-hybridized carbons (Fsp3) is 0. The number of rotatable bonds is 3. The van der Waals surface area contributed by atoms with Gasteiger partial charge in [0.1, 0.15) is 17.3 Å². The van der Waals surface area contributed by atoms with E-state index in [1.54, 1.807) is 6.07 Å². The summed E-state index contributed by atoms with van der Waals surface area (Å²) in [6.45, 7) is 0. The molecule has 0 N–H and O–H groups in total. The van der Waals surface area contributed by atoms with Crippen LogP contribution in [-0.4, -0.2) is 26.0 Å². The molecule has 5 nitrogen and oxygen atoms in total. The lowest BCUT2D eigenvalue weighted by molar-refractivity contribution is 0.112. The lowest BCUT2D eigenvalue weighted by Gasteiger charge is -2.02. The molecular formula is C14H8F2N4O. The second kappa shape index (κ2) is 5.20. The SMILES string of the molecule is O=Cc1cn(-c2ncccn2)nc1-c1c(F)cccc1F. The maximum atomic E-state index is 13.8. The van der Waals surface area contributed by atoms with E-state index in [-0.39, 0.29) is 22.8 Å². The van der Waals surface area contributed by atoms with Gasteiger partial charge >= 0.3 is 0 Å². The van der Waals surface area contributed by atoms with Crippen molar-refractivity contribution in [2.24, 2.45) is 0 Å². The van der Waals surface area contributed by atoms with E-state index in [0.717, 1.165) is 12.1 Å². The van der Waals surface area contributed by atoms with E-state index >= 15 is 0 Å². The molecule has 0 aliphatic carbocycles. The fourth-order valence-corrected chi connectivity index (χ4v) is 1.90. The van der Waals surface area contributed by atoms with E-state index in [2.05, 4.69) is 15.1 Å². The highest BCUT2D eigenvalue weighted by Gasteiger charge is 2.19. The molecule has 1 aromatic carbocycles. The lowest BCUT2D eigenvalue weighted by Crippen LogP contribution is -2.01. The summed E-state index contributed by atoms with van der Waals surface area (Å²) in [4.78, 5) is 19.1. The molecule has 7 heteroatoms. The van der Waals surface area contributed by atoms with Crippen LogP contribution < -0.4 is 0 Å². The van der Waals surface area contributed by atoms with E-state index in [1.165, 1.54) is 29.3 Å². The van der Waals surface area contributed by atoms with Gasteiger partial charge < -0.3 is 0 Å². The average molecular weight is 286 g/mol. The number of aldehydes is 1. The summed E-state index contributed by atoms with van der Waals surface area (Å²) < 4.78 is 28.9. The number of benzene rings is 1. The summed E-state index contributed by atoms with van der Waals surface area (Å²) in [6.07, 6.45) is 4.79. The van der Waals surface area contributed by atoms with Gasteiger partial charge in [0.15, 0.2) is 6.29 Å². The molecule has 0 bridgehead atoms. The molecule has 0 unspecified atom stereocenters. The summed E-state index contributed by atoms with van der Waals surface area (Å²) in [5.74, 6) is -1.39. The van der Waals surface area contributed by atoms with Crippen LogP contribution >= 0.6 is 0 Å². The van der Waals surface area contributed by atoms with Gasteiger partial charge in [-0.15, -0.1) is 0 Å². The zero-order valence-electron chi connectivity index (χ0n) is 10.6. The highest BCUT2D eigenvalue weighted by Crippen LogP contribution is 2.27. The van der Waals surface area contributed by atoms with Gasteiger partial charge in [-0.3, -0.25) is 4.79 Å². The standard InChI is InChI=1S/C14H8F2N4O/c15-10-3-1-4-11(16)12(10)13-9(8-21)7-20(19-13)14-17-5-2-6-18-14/h1-8H. The van der Waals surface area contributed by atoms with E-state index in [0.29, 0.717) is 6.29 Å². The number of hydrogen-bond acceptors (Lipinski definition) is 4. The minimum Gasteiger partial charge on any atom is -0.298 e. The van der Waals surface area contributed by atoms with Crippen LogP contribution in [0.15, 0.2) is 42.9 Å². The Bertz CT molecular complexity index is 782. The zero-order valence-corrected chi connectivity index (χ0v) is 10.6. The van der Waals surface area contributed by atoms with Crippen molar-refractivity contribution in [3.05, 3.63) is 60.1 Å². The second-order valence-corrected chi connectivity index (χ2v) is 4.14. The Morgan fingerprint density at radius 2 is 1.71 bits per heavy atom. The number of carbonyl (C=O) groups excluding carboxylic acids is 1. The fourth-order valence-electron chi connectivity index (χ4n) is 1.90. The third kappa shape index (κ3) is 2.29. The maximum absolute atomic E-state index is 13.8. The first-order valence-corrected chi connectivity index (χ1v) is 5.97. The van der Waals surface area contributed by atoms with Gasteiger partial charge in [0, 0.05) is 18.6 Å². The van der Waals surface area contributed by atoms with Crippen LogP contribution in [-0.2, 0) is 0 Å². The van der Waals surface area contributed by atoms with Gasteiger partial charge in [-0.05, 0) is 18.2 Å². The average Bonchev–Trinajstić information content (AvgIpc) is 2.92. The van der Waals surface area contributed by atoms with E-state index in [4.69, 9.17) is 0 Å². The van der Waals surface area contributed by atoms with Crippen LogP contribution in [0, 0.1) is 11.6 Å². The summed E-state index contributed by atoms with van der Waals surface area (Å²) in [5.41, 5.74) is -0.395. The Morgan fingerprint density at radius 3 is 2.33 bits per heavy atom. The molecule has 0 radical (unpaired) electrons. The number of hydrogen-bond donors (Lipinski definition) is 0. The van der Waals surface area contributed by atoms with Crippen LogP contribution in [0.5, 0.6) is 0 Å². The van der Waals surface area contributed by atoms with Gasteiger partial charge in [0.2, 0.25) is 5.95 Å². The molecule has 2 heterocycles. The largest absolute Gasteiger partial charge is 0.298 e. The first-order valence-electron chi connectivity index (χ1n) is 5.97. The summed E-state index contributed by atoms with van der Waals surface area (Å²) in [7, 11) is 0. The molecule has 21 heavy (non-hydrogen) atoms. The first kappa shape index (κ1) is 13.0. The predicted molar refractivity (Wildman–Crippen MR) is 69.9 cm³/mol. The van der Waals surface area contributed by atoms with Crippen LogP contribution in [0.2, 0.25) is 0 Å². The van der Waals surface area contributed by atoms with E-state index in [9.17, 15) is 13.6 Å². The van der Waals surface area contributed by atoms with Crippen molar-refractivity contribution in [1.29, 1.82) is 0 Å². The van der Waals surface area contributed by atoms with Crippen molar-refractivity contribution in [3.8, 4) is 17.2 Å². The first-order chi connectivity index (χ1) is 10.2. The summed E-state index contributed by atoms with van der Waals surface area (Å²) in [5, 5.41) is 4.02. The number of halogens is 2. The summed E-state index contributed by atoms with van der Waals surface area (Å²) in [6, 6.07) is 5.06. The molecule has 0 fully saturated rings. The van der Waals surface area contributed by atoms with Gasteiger partial charge in [0.05, 0.1) is 11.1 Å². The highest BCUT2D eigenvalue weighted by molar-refractivity contribution is 5.85. The van der Waals surface area contributed by atoms with Crippen molar-refractivity contribution in [1.82, 2.24) is 19.7 Å². The Balaban J connectivity index is 2.20. The van der Waals surface area contributed by atoms with Gasteiger partial charge in [-0.2, -0.15) is 5.10 Å². The molecule has 3 aromatic rings. The van der Waals surface area contributed by atoms with Crippen molar-refractivity contribution in [2.75, 3.05) is 0 Å². The Hall–Kier alpha value is -2.96. The molecule has 0 amide bonds. The minimum atomic E-state index is -0.794. The van der Waals surface area contributed by atoms with Crippen molar-refractivity contribution in [3.63, 3.8) is 0 Å². The second-order valence-electron chi connectivity index (χ2n) is 4.14. The quantitative estimate of drug-likeness (QED) is 0.694. The predicted octanol–water partition coefficient (Wildman–Crippen LogP) is 2.42. The van der Waals surface area contributed by atoms with Crippen LogP contribution in [0.25, 0.3) is 17.2 Å². The molecule has 0 saturated heterocycles. The third-order valence-electron chi connectivity index (χ3n) is 2.83. The van der Waals surface area contributed by atoms with E-state index < -0.39 is 11.6 Å². The van der Waals surface area contributed by atoms with Crippen LogP contribution in [0.4, 0.5) is 8.78 Å². The van der Waals surface area contributed by atoms with Gasteiger partial charge in [-0.25, -0.2) is 23.4 Å². The zero-order chi connectivity index (χ0) is 14.8. The molecule has 0 spiro atoms. The molecule has 0 aliphatic rings. The molecule has 3 rings (SSSR count). The monoisotopic (exact) mass is 286 g/mol. The number of nitrogens with zero attached hydrogens (tertiary/aromatic N) is 4.